The molecule has 1 aromatic heterocycles. The van der Waals surface area contributed by atoms with Crippen LogP contribution >= 0.6 is 11.3 Å². The summed E-state index contributed by atoms with van der Waals surface area (Å²) in [6.45, 7) is 2.20. The molecule has 3 nitrogen and oxygen atoms in total. The minimum atomic E-state index is 0.664. The molecule has 16 heavy (non-hydrogen) atoms. The molecule has 90 valence electrons. The predicted molar refractivity (Wildman–Crippen MR) is 69.1 cm³/mol. The molecule has 2 heterocycles. The van der Waals surface area contributed by atoms with E-state index in [0.29, 0.717) is 6.04 Å². The Kier molecular flexibility index (Phi) is 4.75. The lowest BCUT2D eigenvalue weighted by Crippen LogP contribution is -2.35. The van der Waals surface area contributed by atoms with E-state index in [9.17, 15) is 0 Å². The molecular formula is C12H21N3S. The number of nitrogens with one attached hydrogen (secondary N) is 2. The monoisotopic (exact) mass is 239 g/mol. The molecule has 0 bridgehead atoms. The van der Waals surface area contributed by atoms with Crippen molar-refractivity contribution in [2.45, 2.75) is 38.1 Å². The Labute approximate surface area is 102 Å². The fraction of sp³-hybridized carbons (Fsp3) is 0.750. The zero-order valence-corrected chi connectivity index (χ0v) is 10.8. The lowest BCUT2D eigenvalue weighted by molar-refractivity contribution is 0.399. The molecule has 1 aliphatic rings. The molecular weight excluding hydrogens is 218 g/mol. The molecule has 2 rings (SSSR count). The molecule has 0 spiro atoms. The summed E-state index contributed by atoms with van der Waals surface area (Å²) < 4.78 is 0. The molecule has 1 aliphatic heterocycles. The van der Waals surface area contributed by atoms with Crippen LogP contribution in [0, 0.1) is 0 Å². The minimum Gasteiger partial charge on any atom is -0.319 e. The first kappa shape index (κ1) is 12.0. The van der Waals surface area contributed by atoms with Crippen molar-refractivity contribution in [2.24, 2.45) is 0 Å². The van der Waals surface area contributed by atoms with Crippen LogP contribution in [0.2, 0.25) is 0 Å². The zero-order chi connectivity index (χ0) is 11.2. The van der Waals surface area contributed by atoms with E-state index in [1.54, 1.807) is 0 Å². The van der Waals surface area contributed by atoms with Crippen molar-refractivity contribution in [3.05, 3.63) is 16.1 Å². The van der Waals surface area contributed by atoms with Gasteiger partial charge in [0.1, 0.15) is 0 Å². The zero-order valence-electron chi connectivity index (χ0n) is 9.96. The second-order valence-corrected chi connectivity index (χ2v) is 5.38. The summed E-state index contributed by atoms with van der Waals surface area (Å²) >= 11 is 1.81. The van der Waals surface area contributed by atoms with Gasteiger partial charge in [-0.15, -0.1) is 11.3 Å². The largest absolute Gasteiger partial charge is 0.319 e. The quantitative estimate of drug-likeness (QED) is 0.819. The highest BCUT2D eigenvalue weighted by Gasteiger charge is 2.14. The van der Waals surface area contributed by atoms with Crippen LogP contribution in [-0.2, 0) is 12.8 Å². The van der Waals surface area contributed by atoms with Gasteiger partial charge in [-0.3, -0.25) is 0 Å². The third kappa shape index (κ3) is 3.54. The lowest BCUT2D eigenvalue weighted by atomic mass is 10.0. The second-order valence-electron chi connectivity index (χ2n) is 4.44. The third-order valence-corrected chi connectivity index (χ3v) is 3.98. The fourth-order valence-corrected chi connectivity index (χ4v) is 3.03. The molecule has 1 fully saturated rings. The summed E-state index contributed by atoms with van der Waals surface area (Å²) in [5.41, 5.74) is 1.24. The third-order valence-electron chi connectivity index (χ3n) is 3.06. The summed E-state index contributed by atoms with van der Waals surface area (Å²) in [4.78, 5) is 4.68. The average Bonchev–Trinajstić information content (AvgIpc) is 2.75. The number of thiazole rings is 1. The van der Waals surface area contributed by atoms with E-state index in [2.05, 4.69) is 21.0 Å². The van der Waals surface area contributed by atoms with Gasteiger partial charge in [-0.2, -0.15) is 0 Å². The molecule has 1 atom stereocenters. The summed E-state index contributed by atoms with van der Waals surface area (Å²) in [5.74, 6) is 0. The molecule has 0 aromatic carbocycles. The number of aromatic nitrogens is 1. The first-order chi connectivity index (χ1) is 7.88. The first-order valence-corrected chi connectivity index (χ1v) is 7.07. The van der Waals surface area contributed by atoms with Gasteiger partial charge in [-0.1, -0.05) is 6.42 Å². The van der Waals surface area contributed by atoms with Crippen LogP contribution in [0.15, 0.2) is 5.38 Å². The van der Waals surface area contributed by atoms with Gasteiger partial charge in [0.25, 0.3) is 0 Å². The van der Waals surface area contributed by atoms with Crippen LogP contribution in [0.5, 0.6) is 0 Å². The van der Waals surface area contributed by atoms with Gasteiger partial charge in [0.2, 0.25) is 0 Å². The minimum absolute atomic E-state index is 0.664. The smallest absolute Gasteiger partial charge is 0.0943 e. The summed E-state index contributed by atoms with van der Waals surface area (Å²) in [7, 11) is 1.99. The Morgan fingerprint density at radius 3 is 3.25 bits per heavy atom. The van der Waals surface area contributed by atoms with Crippen LogP contribution < -0.4 is 10.6 Å². The van der Waals surface area contributed by atoms with Gasteiger partial charge in [0.15, 0.2) is 0 Å². The summed E-state index contributed by atoms with van der Waals surface area (Å²) in [5, 5.41) is 10.2. The normalized spacial score (nSPS) is 21.2. The molecule has 0 radical (unpaired) electrons. The predicted octanol–water partition coefficient (Wildman–Crippen LogP) is 1.59. The maximum Gasteiger partial charge on any atom is 0.0943 e. The molecule has 0 aliphatic carbocycles. The van der Waals surface area contributed by atoms with Crippen LogP contribution in [0.3, 0.4) is 0 Å². The van der Waals surface area contributed by atoms with Gasteiger partial charge < -0.3 is 10.6 Å². The summed E-state index contributed by atoms with van der Waals surface area (Å²) in [6.07, 6.45) is 6.18. The fourth-order valence-electron chi connectivity index (χ4n) is 2.12. The van der Waals surface area contributed by atoms with Gasteiger partial charge in [0, 0.05) is 30.8 Å². The van der Waals surface area contributed by atoms with Crippen molar-refractivity contribution in [2.75, 3.05) is 20.1 Å². The number of hydrogen-bond acceptors (Lipinski definition) is 4. The van der Waals surface area contributed by atoms with E-state index < -0.39 is 0 Å². The number of nitrogens with zero attached hydrogens (tertiary/aromatic N) is 1. The van der Waals surface area contributed by atoms with Crippen LogP contribution in [0.4, 0.5) is 0 Å². The van der Waals surface area contributed by atoms with Gasteiger partial charge in [0.05, 0.1) is 10.7 Å². The van der Waals surface area contributed by atoms with Crippen LogP contribution in [-0.4, -0.2) is 31.2 Å². The van der Waals surface area contributed by atoms with Crippen LogP contribution in [0.1, 0.15) is 30.0 Å². The van der Waals surface area contributed by atoms with E-state index in [0.717, 1.165) is 19.4 Å². The Balaban J connectivity index is 1.81. The standard InChI is InChI=1S/C12H21N3S/c1-13-7-5-11-9-16-12(15-11)8-10-4-2-3-6-14-10/h9-10,13-14H,2-8H2,1H3. The molecule has 4 heteroatoms. The number of hydrogen-bond donors (Lipinski definition) is 2. The molecule has 1 unspecified atom stereocenters. The summed E-state index contributed by atoms with van der Waals surface area (Å²) in [6, 6.07) is 0.664. The van der Waals surface area contributed by atoms with Crippen molar-refractivity contribution in [3.8, 4) is 0 Å². The topological polar surface area (TPSA) is 37.0 Å². The van der Waals surface area contributed by atoms with Crippen molar-refractivity contribution in [1.29, 1.82) is 0 Å². The van der Waals surface area contributed by atoms with Gasteiger partial charge in [-0.05, 0) is 26.4 Å². The SMILES string of the molecule is CNCCc1csc(CC2CCCCN2)n1. The number of piperidine rings is 1. The lowest BCUT2D eigenvalue weighted by Gasteiger charge is -2.22. The first-order valence-electron chi connectivity index (χ1n) is 6.20. The van der Waals surface area contributed by atoms with E-state index in [-0.39, 0.29) is 0 Å². The Bertz CT molecular complexity index is 305. The van der Waals surface area contributed by atoms with Gasteiger partial charge >= 0.3 is 0 Å². The van der Waals surface area contributed by atoms with Crippen molar-refractivity contribution in [3.63, 3.8) is 0 Å². The van der Waals surface area contributed by atoms with Crippen LogP contribution in [0.25, 0.3) is 0 Å². The maximum absolute atomic E-state index is 4.68. The Hall–Kier alpha value is -0.450. The number of likely N-dealkylation sites (N-methyl/N-ethyl adjacent to an activating group) is 1. The van der Waals surface area contributed by atoms with E-state index >= 15 is 0 Å². The van der Waals surface area contributed by atoms with Gasteiger partial charge in [-0.25, -0.2) is 4.98 Å². The highest BCUT2D eigenvalue weighted by molar-refractivity contribution is 7.09. The Morgan fingerprint density at radius 1 is 1.56 bits per heavy atom. The number of rotatable bonds is 5. The highest BCUT2D eigenvalue weighted by atomic mass is 32.1. The molecule has 0 amide bonds. The highest BCUT2D eigenvalue weighted by Crippen LogP contribution is 2.16. The maximum atomic E-state index is 4.68. The molecule has 1 aromatic rings. The molecule has 2 N–H and O–H groups in total. The Morgan fingerprint density at radius 2 is 2.50 bits per heavy atom. The van der Waals surface area contributed by atoms with E-state index in [1.165, 1.54) is 36.5 Å². The van der Waals surface area contributed by atoms with Crippen molar-refractivity contribution < 1.29 is 0 Å². The second kappa shape index (κ2) is 6.33. The molecule has 1 saturated heterocycles. The average molecular weight is 239 g/mol. The van der Waals surface area contributed by atoms with E-state index in [4.69, 9.17) is 0 Å². The molecule has 0 saturated carbocycles. The van der Waals surface area contributed by atoms with Crippen molar-refractivity contribution >= 4 is 11.3 Å². The van der Waals surface area contributed by atoms with Crippen molar-refractivity contribution in [1.82, 2.24) is 15.6 Å². The van der Waals surface area contributed by atoms with E-state index in [1.807, 2.05) is 18.4 Å².